The number of nitrogens with two attached hydrogens (primary N) is 1. The van der Waals surface area contributed by atoms with E-state index in [1.165, 1.54) is 7.11 Å². The number of rotatable bonds is 5. The van der Waals surface area contributed by atoms with Gasteiger partial charge in [0.15, 0.2) is 0 Å². The van der Waals surface area contributed by atoms with Crippen molar-refractivity contribution in [2.75, 3.05) is 38.6 Å². The third kappa shape index (κ3) is 4.91. The van der Waals surface area contributed by atoms with Gasteiger partial charge < -0.3 is 20.7 Å². The van der Waals surface area contributed by atoms with Gasteiger partial charge in [0, 0.05) is 31.9 Å². The lowest BCUT2D eigenvalue weighted by atomic mass is 10.0. The molecule has 1 aliphatic rings. The van der Waals surface area contributed by atoms with Crippen LogP contribution in [0.25, 0.3) is 0 Å². The Hall–Kier alpha value is -3.39. The molecule has 0 saturated carbocycles. The summed E-state index contributed by atoms with van der Waals surface area (Å²) in [7, 11) is 1.31. The normalized spacial score (nSPS) is 15.4. The highest BCUT2D eigenvalue weighted by Crippen LogP contribution is 2.22. The fourth-order valence-electron chi connectivity index (χ4n) is 3.42. The second kappa shape index (κ2) is 9.20. The molecule has 2 aromatic carbocycles. The Morgan fingerprint density at radius 3 is 2.31 bits per heavy atom. The first-order chi connectivity index (χ1) is 14.0. The third-order valence-corrected chi connectivity index (χ3v) is 4.89. The molecule has 2 aromatic rings. The van der Waals surface area contributed by atoms with E-state index >= 15 is 0 Å². The van der Waals surface area contributed by atoms with Crippen LogP contribution in [0.4, 0.5) is 10.5 Å². The molecule has 1 atom stereocenters. The van der Waals surface area contributed by atoms with Gasteiger partial charge in [-0.15, -0.1) is 0 Å². The van der Waals surface area contributed by atoms with Gasteiger partial charge in [-0.2, -0.15) is 0 Å². The fourth-order valence-corrected chi connectivity index (χ4v) is 3.42. The van der Waals surface area contributed by atoms with E-state index in [1.807, 2.05) is 35.2 Å². The maximum absolute atomic E-state index is 12.6. The number of nitrogens with zero attached hydrogens (tertiary/aromatic N) is 2. The number of urea groups is 1. The van der Waals surface area contributed by atoms with E-state index in [0.717, 1.165) is 5.56 Å². The number of methoxy groups -OCH3 is 1. The average molecular weight is 396 g/mol. The summed E-state index contributed by atoms with van der Waals surface area (Å²) in [6.45, 7) is 1.97. The number of hydrogen-bond donors (Lipinski definition) is 2. The molecular formula is C21H24N4O4. The van der Waals surface area contributed by atoms with Crippen LogP contribution in [0.3, 0.4) is 0 Å². The fraction of sp³-hybridized carbons (Fsp3) is 0.286. The second-order valence-electron chi connectivity index (χ2n) is 6.74. The van der Waals surface area contributed by atoms with Gasteiger partial charge in [0.1, 0.15) is 6.04 Å². The van der Waals surface area contributed by atoms with Crippen LogP contribution in [0.2, 0.25) is 0 Å². The van der Waals surface area contributed by atoms with Gasteiger partial charge in [0.2, 0.25) is 5.91 Å². The first-order valence-corrected chi connectivity index (χ1v) is 9.32. The minimum absolute atomic E-state index is 0.262. The van der Waals surface area contributed by atoms with Crippen LogP contribution >= 0.6 is 0 Å². The van der Waals surface area contributed by atoms with Gasteiger partial charge in [-0.25, -0.2) is 9.59 Å². The standard InChI is InChI=1S/C21H24N4O4/c1-29-20(27)16-8-5-9-17(14-16)23-21(28)25-12-10-24(11-13-25)18(19(22)26)15-6-3-2-4-7-15/h2-9,14,18H,10-13H2,1H3,(H2,22,26)(H,23,28)/t18-/m1/s1. The summed E-state index contributed by atoms with van der Waals surface area (Å²) in [5.41, 5.74) is 7.36. The quantitative estimate of drug-likeness (QED) is 0.751. The van der Waals surface area contributed by atoms with Crippen molar-refractivity contribution in [2.24, 2.45) is 5.73 Å². The molecule has 0 aliphatic carbocycles. The minimum atomic E-state index is -0.516. The van der Waals surface area contributed by atoms with Crippen molar-refractivity contribution in [3.05, 3.63) is 65.7 Å². The highest BCUT2D eigenvalue weighted by molar-refractivity contribution is 5.94. The van der Waals surface area contributed by atoms with Crippen LogP contribution in [0.15, 0.2) is 54.6 Å². The number of benzene rings is 2. The number of carbonyl (C=O) groups excluding carboxylic acids is 3. The molecule has 0 bridgehead atoms. The average Bonchev–Trinajstić information content (AvgIpc) is 2.74. The molecule has 29 heavy (non-hydrogen) atoms. The number of piperazine rings is 1. The number of nitrogens with one attached hydrogen (secondary N) is 1. The Labute approximate surface area is 169 Å². The molecule has 0 spiro atoms. The van der Waals surface area contributed by atoms with Crippen LogP contribution in [0.5, 0.6) is 0 Å². The van der Waals surface area contributed by atoms with Crippen molar-refractivity contribution in [3.8, 4) is 0 Å². The zero-order valence-corrected chi connectivity index (χ0v) is 16.2. The van der Waals surface area contributed by atoms with Crippen molar-refractivity contribution in [2.45, 2.75) is 6.04 Å². The number of primary amides is 1. The highest BCUT2D eigenvalue weighted by Gasteiger charge is 2.30. The molecule has 1 aliphatic heterocycles. The Balaban J connectivity index is 1.61. The van der Waals surface area contributed by atoms with Gasteiger partial charge >= 0.3 is 12.0 Å². The van der Waals surface area contributed by atoms with Crippen LogP contribution in [0, 0.1) is 0 Å². The smallest absolute Gasteiger partial charge is 0.337 e. The molecule has 3 N–H and O–H groups in total. The van der Waals surface area contributed by atoms with Gasteiger partial charge in [0.25, 0.3) is 0 Å². The summed E-state index contributed by atoms with van der Waals surface area (Å²) in [6, 6.07) is 15.2. The van der Waals surface area contributed by atoms with Crippen LogP contribution in [0.1, 0.15) is 22.0 Å². The van der Waals surface area contributed by atoms with E-state index in [1.54, 1.807) is 29.2 Å². The molecule has 3 amide bonds. The topological polar surface area (TPSA) is 105 Å². The first-order valence-electron chi connectivity index (χ1n) is 9.32. The molecule has 152 valence electrons. The van der Waals surface area contributed by atoms with Crippen LogP contribution < -0.4 is 11.1 Å². The van der Waals surface area contributed by atoms with Gasteiger partial charge in [-0.05, 0) is 23.8 Å². The maximum Gasteiger partial charge on any atom is 0.337 e. The van der Waals surface area contributed by atoms with Gasteiger partial charge in [-0.1, -0.05) is 36.4 Å². The number of esters is 1. The van der Waals surface area contributed by atoms with E-state index in [4.69, 9.17) is 10.5 Å². The SMILES string of the molecule is COC(=O)c1cccc(NC(=O)N2CCN([C@@H](C(N)=O)c3ccccc3)CC2)c1. The van der Waals surface area contributed by atoms with Crippen molar-refractivity contribution in [1.82, 2.24) is 9.80 Å². The van der Waals surface area contributed by atoms with Gasteiger partial charge in [0.05, 0.1) is 12.7 Å². The summed E-state index contributed by atoms with van der Waals surface area (Å²) < 4.78 is 4.70. The molecule has 8 nitrogen and oxygen atoms in total. The van der Waals surface area contributed by atoms with Crippen molar-refractivity contribution in [3.63, 3.8) is 0 Å². The Morgan fingerprint density at radius 1 is 1.00 bits per heavy atom. The molecule has 0 radical (unpaired) electrons. The van der Waals surface area contributed by atoms with Gasteiger partial charge in [-0.3, -0.25) is 9.69 Å². The van der Waals surface area contributed by atoms with E-state index in [0.29, 0.717) is 37.4 Å². The third-order valence-electron chi connectivity index (χ3n) is 4.89. The van der Waals surface area contributed by atoms with Crippen molar-refractivity contribution < 1.29 is 19.1 Å². The highest BCUT2D eigenvalue weighted by atomic mass is 16.5. The molecule has 1 heterocycles. The molecule has 0 aromatic heterocycles. The zero-order chi connectivity index (χ0) is 20.8. The molecule has 0 unspecified atom stereocenters. The molecule has 1 saturated heterocycles. The summed E-state index contributed by atoms with van der Waals surface area (Å²) in [5.74, 6) is -0.873. The van der Waals surface area contributed by atoms with E-state index in [-0.39, 0.29) is 6.03 Å². The lowest BCUT2D eigenvalue weighted by molar-refractivity contribution is -0.124. The summed E-state index contributed by atoms with van der Waals surface area (Å²) >= 11 is 0. The zero-order valence-electron chi connectivity index (χ0n) is 16.2. The minimum Gasteiger partial charge on any atom is -0.465 e. The lowest BCUT2D eigenvalue weighted by Crippen LogP contribution is -2.52. The Morgan fingerprint density at radius 2 is 1.69 bits per heavy atom. The predicted octanol–water partition coefficient (Wildman–Crippen LogP) is 1.85. The van der Waals surface area contributed by atoms with E-state index in [2.05, 4.69) is 5.32 Å². The van der Waals surface area contributed by atoms with E-state index < -0.39 is 17.9 Å². The second-order valence-corrected chi connectivity index (χ2v) is 6.74. The molecular weight excluding hydrogens is 372 g/mol. The number of hydrogen-bond acceptors (Lipinski definition) is 5. The number of carbonyl (C=O) groups is 3. The predicted molar refractivity (Wildman–Crippen MR) is 108 cm³/mol. The summed E-state index contributed by atoms with van der Waals surface area (Å²) in [5, 5.41) is 2.80. The summed E-state index contributed by atoms with van der Waals surface area (Å²) in [4.78, 5) is 39.9. The molecule has 1 fully saturated rings. The van der Waals surface area contributed by atoms with Crippen molar-refractivity contribution in [1.29, 1.82) is 0 Å². The maximum atomic E-state index is 12.6. The molecule has 8 heteroatoms. The van der Waals surface area contributed by atoms with E-state index in [9.17, 15) is 14.4 Å². The lowest BCUT2D eigenvalue weighted by Gasteiger charge is -2.38. The van der Waals surface area contributed by atoms with Crippen LogP contribution in [-0.4, -0.2) is 61.0 Å². The molecule has 3 rings (SSSR count). The first kappa shape index (κ1) is 20.3. The Bertz CT molecular complexity index is 879. The largest absolute Gasteiger partial charge is 0.465 e. The number of ether oxygens (including phenoxy) is 1. The number of amides is 3. The van der Waals surface area contributed by atoms with Crippen LogP contribution in [-0.2, 0) is 9.53 Å². The number of anilines is 1. The monoisotopic (exact) mass is 396 g/mol. The Kier molecular flexibility index (Phi) is 6.46. The summed E-state index contributed by atoms with van der Waals surface area (Å²) in [6.07, 6.45) is 0. The van der Waals surface area contributed by atoms with Crippen molar-refractivity contribution >= 4 is 23.6 Å².